The van der Waals surface area contributed by atoms with Crippen LogP contribution in [0.5, 0.6) is 0 Å². The lowest BCUT2D eigenvalue weighted by atomic mass is 10.4. The topological polar surface area (TPSA) is 37.3 Å². The number of halogens is 2. The fourth-order valence-corrected chi connectivity index (χ4v) is 4.11. The Morgan fingerprint density at radius 3 is 2.46 bits per heavy atom. The molecule has 0 amide bonds. The van der Waals surface area contributed by atoms with Gasteiger partial charge < -0.3 is 4.89 Å². The van der Waals surface area contributed by atoms with Gasteiger partial charge in [0.15, 0.2) is 0 Å². The SMILES string of the molecule is CC(C)=C=CP(=O)(O)/C(=C/Br)CBr. The molecule has 0 aromatic rings. The molecule has 1 N–H and O–H groups in total. The lowest BCUT2D eigenvalue weighted by Crippen LogP contribution is -1.83. The Morgan fingerprint density at radius 1 is 1.62 bits per heavy atom. The van der Waals surface area contributed by atoms with Crippen LogP contribution in [0.2, 0.25) is 0 Å². The molecule has 74 valence electrons. The molecule has 1 unspecified atom stereocenters. The molecule has 0 aromatic carbocycles. The van der Waals surface area contributed by atoms with Crippen molar-refractivity contribution in [3.8, 4) is 0 Å². The van der Waals surface area contributed by atoms with Crippen molar-refractivity contribution in [2.75, 3.05) is 5.33 Å². The van der Waals surface area contributed by atoms with E-state index in [1.54, 1.807) is 0 Å². The normalized spacial score (nSPS) is 15.9. The summed E-state index contributed by atoms with van der Waals surface area (Å²) < 4.78 is 11.6. The monoisotopic (exact) mass is 328 g/mol. The van der Waals surface area contributed by atoms with Crippen LogP contribution < -0.4 is 0 Å². The van der Waals surface area contributed by atoms with Gasteiger partial charge >= 0.3 is 0 Å². The minimum absolute atomic E-state index is 0.368. The molecule has 0 radical (unpaired) electrons. The van der Waals surface area contributed by atoms with Crippen LogP contribution in [0.3, 0.4) is 0 Å². The second kappa shape index (κ2) is 6.00. The zero-order valence-corrected chi connectivity index (χ0v) is 11.5. The van der Waals surface area contributed by atoms with Crippen LogP contribution in [0.25, 0.3) is 0 Å². The van der Waals surface area contributed by atoms with Crippen LogP contribution >= 0.6 is 39.2 Å². The van der Waals surface area contributed by atoms with Crippen molar-refractivity contribution in [2.45, 2.75) is 13.8 Å². The average Bonchev–Trinajstić information content (AvgIpc) is 2.03. The first kappa shape index (κ1) is 13.4. The lowest BCUT2D eigenvalue weighted by Gasteiger charge is -2.05. The van der Waals surface area contributed by atoms with Gasteiger partial charge in [0.25, 0.3) is 7.37 Å². The second-order valence-corrected chi connectivity index (χ2v) is 5.73. The Balaban J connectivity index is 5.00. The molecule has 5 heteroatoms. The number of hydrogen-bond acceptors (Lipinski definition) is 1. The predicted molar refractivity (Wildman–Crippen MR) is 63.6 cm³/mol. The van der Waals surface area contributed by atoms with Crippen LogP contribution in [0.4, 0.5) is 0 Å². The summed E-state index contributed by atoms with van der Waals surface area (Å²) in [5.41, 5.74) is 3.60. The largest absolute Gasteiger partial charge is 0.338 e. The first-order chi connectivity index (χ1) is 5.94. The maximum absolute atomic E-state index is 11.6. The molecule has 0 spiro atoms. The Kier molecular flexibility index (Phi) is 6.19. The maximum Gasteiger partial charge on any atom is 0.256 e. The standard InChI is InChI=1S/C8H11Br2O2P/c1-7(2)3-4-13(11,12)8(5-9)6-10/h4-5H,6H2,1-2H3,(H,11,12)/b8-5+. The van der Waals surface area contributed by atoms with Crippen LogP contribution in [-0.4, -0.2) is 10.2 Å². The van der Waals surface area contributed by atoms with E-state index < -0.39 is 7.37 Å². The number of hydrogen-bond donors (Lipinski definition) is 1. The molecular formula is C8H11Br2O2P. The summed E-state index contributed by atoms with van der Waals surface area (Å²) in [5, 5.41) is 0.786. The summed E-state index contributed by atoms with van der Waals surface area (Å²) in [6.07, 6.45) is 0. The Labute approximate surface area is 95.1 Å². The smallest absolute Gasteiger partial charge is 0.256 e. The average molecular weight is 330 g/mol. The number of rotatable bonds is 3. The van der Waals surface area contributed by atoms with Crippen LogP contribution in [0.1, 0.15) is 13.8 Å². The molecule has 0 aliphatic heterocycles. The van der Waals surface area contributed by atoms with E-state index in [9.17, 15) is 9.46 Å². The van der Waals surface area contributed by atoms with Crippen molar-refractivity contribution in [3.05, 3.63) is 27.4 Å². The van der Waals surface area contributed by atoms with Gasteiger partial charge in [0.05, 0.1) is 0 Å². The molecule has 0 saturated heterocycles. The van der Waals surface area contributed by atoms with Gasteiger partial charge in [0.1, 0.15) is 0 Å². The molecule has 0 aromatic heterocycles. The van der Waals surface area contributed by atoms with Crippen LogP contribution in [0.15, 0.2) is 27.4 Å². The maximum atomic E-state index is 11.6. The van der Waals surface area contributed by atoms with Crippen molar-refractivity contribution in [1.29, 1.82) is 0 Å². The molecule has 0 heterocycles. The number of alkyl halides is 1. The quantitative estimate of drug-likeness (QED) is 0.483. The zero-order chi connectivity index (χ0) is 10.5. The molecule has 0 aliphatic carbocycles. The van der Waals surface area contributed by atoms with Gasteiger partial charge in [0, 0.05) is 16.5 Å². The van der Waals surface area contributed by atoms with E-state index in [1.807, 2.05) is 13.8 Å². The van der Waals surface area contributed by atoms with Crippen molar-refractivity contribution in [2.24, 2.45) is 0 Å². The van der Waals surface area contributed by atoms with Gasteiger partial charge in [-0.25, -0.2) is 0 Å². The summed E-state index contributed by atoms with van der Waals surface area (Å²) >= 11 is 6.17. The third-order valence-corrected chi connectivity index (χ3v) is 4.74. The summed E-state index contributed by atoms with van der Waals surface area (Å²) in [4.78, 5) is 11.0. The van der Waals surface area contributed by atoms with Crippen molar-refractivity contribution >= 4 is 39.2 Å². The Bertz CT molecular complexity index is 310. The van der Waals surface area contributed by atoms with Gasteiger partial charge in [-0.3, -0.25) is 4.57 Å². The fraction of sp³-hybridized carbons (Fsp3) is 0.375. The van der Waals surface area contributed by atoms with Gasteiger partial charge in [-0.2, -0.15) is 0 Å². The van der Waals surface area contributed by atoms with Crippen LogP contribution in [0, 0.1) is 0 Å². The van der Waals surface area contributed by atoms with Crippen LogP contribution in [-0.2, 0) is 4.57 Å². The third-order valence-electron chi connectivity index (χ3n) is 1.20. The first-order valence-electron chi connectivity index (χ1n) is 3.53. The zero-order valence-electron chi connectivity index (χ0n) is 7.42. The highest BCUT2D eigenvalue weighted by Crippen LogP contribution is 2.51. The highest BCUT2D eigenvalue weighted by Gasteiger charge is 2.18. The fourth-order valence-electron chi connectivity index (χ4n) is 0.484. The highest BCUT2D eigenvalue weighted by molar-refractivity contribution is 9.11. The van der Waals surface area contributed by atoms with E-state index in [-0.39, 0.29) is 0 Å². The first-order valence-corrected chi connectivity index (χ1v) is 7.30. The lowest BCUT2D eigenvalue weighted by molar-refractivity contribution is 0.496. The molecule has 0 saturated carbocycles. The van der Waals surface area contributed by atoms with E-state index >= 15 is 0 Å². The molecule has 0 fully saturated rings. The molecule has 13 heavy (non-hydrogen) atoms. The van der Waals surface area contributed by atoms with E-state index in [0.29, 0.717) is 10.6 Å². The van der Waals surface area contributed by atoms with E-state index in [0.717, 1.165) is 5.57 Å². The van der Waals surface area contributed by atoms with Gasteiger partial charge in [-0.05, 0) is 24.4 Å². The van der Waals surface area contributed by atoms with E-state index in [1.165, 1.54) is 10.8 Å². The number of allylic oxidation sites excluding steroid dienone is 2. The van der Waals surface area contributed by atoms with Gasteiger partial charge in [-0.1, -0.05) is 31.9 Å². The van der Waals surface area contributed by atoms with Gasteiger partial charge in [0.2, 0.25) is 0 Å². The molecule has 0 aliphatic rings. The molecule has 0 bridgehead atoms. The Morgan fingerprint density at radius 2 is 2.15 bits per heavy atom. The molecule has 0 rings (SSSR count). The van der Waals surface area contributed by atoms with Crippen molar-refractivity contribution in [3.63, 3.8) is 0 Å². The minimum Gasteiger partial charge on any atom is -0.338 e. The minimum atomic E-state index is -3.35. The van der Waals surface area contributed by atoms with E-state index in [4.69, 9.17) is 0 Å². The highest BCUT2D eigenvalue weighted by atomic mass is 79.9. The van der Waals surface area contributed by atoms with E-state index in [2.05, 4.69) is 37.6 Å². The summed E-state index contributed by atoms with van der Waals surface area (Å²) in [6, 6.07) is 0. The summed E-state index contributed by atoms with van der Waals surface area (Å²) in [6.45, 7) is 3.64. The van der Waals surface area contributed by atoms with Crippen molar-refractivity contribution < 1.29 is 9.46 Å². The summed E-state index contributed by atoms with van der Waals surface area (Å²) in [5.74, 6) is 1.22. The summed E-state index contributed by atoms with van der Waals surface area (Å²) in [7, 11) is -3.35. The second-order valence-electron chi connectivity index (χ2n) is 2.63. The third kappa shape index (κ3) is 4.99. The molecule has 1 atom stereocenters. The molecule has 2 nitrogen and oxygen atoms in total. The molecular weight excluding hydrogens is 319 g/mol. The Hall–Kier alpha value is 0.410. The predicted octanol–water partition coefficient (Wildman–Crippen LogP) is 3.97. The van der Waals surface area contributed by atoms with Gasteiger partial charge in [-0.15, -0.1) is 5.73 Å². The van der Waals surface area contributed by atoms with Crippen molar-refractivity contribution in [1.82, 2.24) is 0 Å².